The van der Waals surface area contributed by atoms with Gasteiger partial charge in [0.1, 0.15) is 5.25 Å². The number of nitrogens with one attached hydrogen (secondary N) is 1. The highest BCUT2D eigenvalue weighted by atomic mass is 35.5. The van der Waals surface area contributed by atoms with Gasteiger partial charge in [0.25, 0.3) is 10.0 Å². The number of amides is 2. The molecule has 2 aliphatic rings. The number of hydrogen-bond acceptors (Lipinski definition) is 5. The zero-order valence-corrected chi connectivity index (χ0v) is 20.2. The molecule has 2 fully saturated rings. The van der Waals surface area contributed by atoms with Crippen molar-refractivity contribution in [1.29, 1.82) is 0 Å². The first-order chi connectivity index (χ1) is 15.8. The molecule has 2 aromatic carbocycles. The molecule has 10 heteroatoms. The number of nitrogens with zero attached hydrogens (tertiary/aromatic N) is 2. The topological polar surface area (TPSA) is 95.9 Å². The Bertz CT molecular complexity index is 1150. The van der Waals surface area contributed by atoms with Gasteiger partial charge in [0, 0.05) is 23.2 Å². The zero-order chi connectivity index (χ0) is 23.4. The van der Waals surface area contributed by atoms with Crippen LogP contribution in [0.15, 0.2) is 63.9 Å². The number of benzene rings is 2. The average Bonchev–Trinajstić information content (AvgIpc) is 3.10. The number of hydrogen-bond donors (Lipinski definition) is 1. The Balaban J connectivity index is 1.56. The predicted molar refractivity (Wildman–Crippen MR) is 131 cm³/mol. The maximum absolute atomic E-state index is 13.3. The molecular formula is C23H24ClN3O4S2. The summed E-state index contributed by atoms with van der Waals surface area (Å²) >= 11 is 6.93. The summed E-state index contributed by atoms with van der Waals surface area (Å²) < 4.78 is 29.8. The third kappa shape index (κ3) is 5.77. The Hall–Kier alpha value is -2.36. The first-order valence-electron chi connectivity index (χ1n) is 10.8. The lowest BCUT2D eigenvalue weighted by atomic mass is 9.94. The Morgan fingerprint density at radius 3 is 2.39 bits per heavy atom. The van der Waals surface area contributed by atoms with Gasteiger partial charge in [-0.3, -0.25) is 14.5 Å². The van der Waals surface area contributed by atoms with Gasteiger partial charge in [-0.15, -0.1) is 4.40 Å². The van der Waals surface area contributed by atoms with E-state index in [2.05, 4.69) is 9.71 Å². The highest BCUT2D eigenvalue weighted by Gasteiger charge is 2.43. The smallest absolute Gasteiger partial charge is 0.284 e. The lowest BCUT2D eigenvalue weighted by molar-refractivity contribution is -0.130. The molecule has 1 atom stereocenters. The molecule has 0 aromatic heterocycles. The monoisotopic (exact) mass is 505 g/mol. The number of rotatable bonds is 6. The molecule has 1 heterocycles. The second-order valence-corrected chi connectivity index (χ2v) is 11.2. The lowest BCUT2D eigenvalue weighted by Crippen LogP contribution is -2.42. The summed E-state index contributed by atoms with van der Waals surface area (Å²) in [6.45, 7) is 0. The molecular weight excluding hydrogens is 482 g/mol. The minimum atomic E-state index is -3.98. The number of amidine groups is 1. The molecule has 1 aliphatic carbocycles. The number of sulfonamides is 1. The number of carbonyl (C=O) groups is 2. The van der Waals surface area contributed by atoms with Crippen molar-refractivity contribution in [3.05, 3.63) is 59.6 Å². The van der Waals surface area contributed by atoms with Crippen LogP contribution in [-0.2, 0) is 19.6 Å². The van der Waals surface area contributed by atoms with Crippen LogP contribution in [0, 0.1) is 0 Å². The number of anilines is 1. The van der Waals surface area contributed by atoms with E-state index in [0.717, 1.165) is 43.9 Å². The van der Waals surface area contributed by atoms with Gasteiger partial charge in [-0.2, -0.15) is 8.42 Å². The van der Waals surface area contributed by atoms with Crippen molar-refractivity contribution >= 4 is 56.1 Å². The van der Waals surface area contributed by atoms with Crippen molar-refractivity contribution in [3.8, 4) is 0 Å². The van der Waals surface area contributed by atoms with Crippen molar-refractivity contribution in [2.45, 2.75) is 54.7 Å². The van der Waals surface area contributed by atoms with Crippen LogP contribution in [0.1, 0.15) is 38.5 Å². The maximum atomic E-state index is 13.3. The first kappa shape index (κ1) is 23.8. The van der Waals surface area contributed by atoms with Gasteiger partial charge in [-0.1, -0.05) is 60.8 Å². The fourth-order valence-electron chi connectivity index (χ4n) is 4.02. The van der Waals surface area contributed by atoms with Gasteiger partial charge in [0.15, 0.2) is 5.17 Å². The van der Waals surface area contributed by atoms with Crippen LogP contribution < -0.4 is 5.32 Å². The Morgan fingerprint density at radius 2 is 1.73 bits per heavy atom. The summed E-state index contributed by atoms with van der Waals surface area (Å²) in [5.74, 6) is -0.598. The SMILES string of the molecule is O=C(CC1S/C(=N/S(=O)(=O)c2ccccc2)N(C2CCCCC2)C1=O)Nc1ccc(Cl)cc1. The molecule has 2 amide bonds. The van der Waals surface area contributed by atoms with Crippen LogP contribution in [0.3, 0.4) is 0 Å². The van der Waals surface area contributed by atoms with E-state index in [1.54, 1.807) is 42.5 Å². The second-order valence-electron chi connectivity index (χ2n) is 8.03. The fourth-order valence-corrected chi connectivity index (χ4v) is 6.56. The summed E-state index contributed by atoms with van der Waals surface area (Å²) in [6, 6.07) is 14.5. The highest BCUT2D eigenvalue weighted by molar-refractivity contribution is 8.16. The zero-order valence-electron chi connectivity index (χ0n) is 17.8. The molecule has 1 saturated heterocycles. The minimum absolute atomic E-state index is 0.0677. The molecule has 1 aliphatic heterocycles. The predicted octanol–water partition coefficient (Wildman–Crippen LogP) is 4.69. The Labute approximate surface area is 202 Å². The number of thioether (sulfide) groups is 1. The highest BCUT2D eigenvalue weighted by Crippen LogP contribution is 2.36. The average molecular weight is 506 g/mol. The maximum Gasteiger partial charge on any atom is 0.284 e. The van der Waals surface area contributed by atoms with Gasteiger partial charge in [-0.05, 0) is 49.2 Å². The Kier molecular flexibility index (Phi) is 7.41. The first-order valence-corrected chi connectivity index (χ1v) is 13.5. The largest absolute Gasteiger partial charge is 0.326 e. The summed E-state index contributed by atoms with van der Waals surface area (Å²) in [4.78, 5) is 27.5. The number of carbonyl (C=O) groups excluding carboxylic acids is 2. The normalized spacial score (nSPS) is 20.9. The molecule has 0 radical (unpaired) electrons. The molecule has 1 saturated carbocycles. The van der Waals surface area contributed by atoms with Gasteiger partial charge < -0.3 is 5.32 Å². The third-order valence-corrected chi connectivity index (χ3v) is 8.44. The van der Waals surface area contributed by atoms with E-state index < -0.39 is 15.3 Å². The van der Waals surface area contributed by atoms with Gasteiger partial charge in [-0.25, -0.2) is 0 Å². The summed E-state index contributed by atoms with van der Waals surface area (Å²) in [7, 11) is -3.98. The van der Waals surface area contributed by atoms with E-state index in [4.69, 9.17) is 11.6 Å². The Morgan fingerprint density at radius 1 is 1.06 bits per heavy atom. The molecule has 174 valence electrons. The van der Waals surface area contributed by atoms with Crippen molar-refractivity contribution in [2.75, 3.05) is 5.32 Å². The summed E-state index contributed by atoms with van der Waals surface area (Å²) in [5, 5.41) is 2.73. The van der Waals surface area contributed by atoms with Crippen LogP contribution in [0.5, 0.6) is 0 Å². The molecule has 1 N–H and O–H groups in total. The van der Waals surface area contributed by atoms with Crippen molar-refractivity contribution in [1.82, 2.24) is 4.90 Å². The second kappa shape index (κ2) is 10.3. The van der Waals surface area contributed by atoms with E-state index in [9.17, 15) is 18.0 Å². The van der Waals surface area contributed by atoms with Crippen molar-refractivity contribution < 1.29 is 18.0 Å². The molecule has 33 heavy (non-hydrogen) atoms. The molecule has 2 aromatic rings. The van der Waals surface area contributed by atoms with Crippen LogP contribution in [-0.4, -0.2) is 41.6 Å². The lowest BCUT2D eigenvalue weighted by Gasteiger charge is -2.30. The molecule has 0 bridgehead atoms. The molecule has 4 rings (SSSR count). The van der Waals surface area contributed by atoms with Crippen LogP contribution in [0.25, 0.3) is 0 Å². The van der Waals surface area contributed by atoms with Crippen LogP contribution >= 0.6 is 23.4 Å². The van der Waals surface area contributed by atoms with Crippen molar-refractivity contribution in [3.63, 3.8) is 0 Å². The van der Waals surface area contributed by atoms with E-state index in [1.807, 2.05) is 0 Å². The van der Waals surface area contributed by atoms with E-state index >= 15 is 0 Å². The standard InChI is InChI=1S/C23H24ClN3O4S2/c24-16-11-13-17(14-12-16)25-21(28)15-20-22(29)27(18-7-3-1-4-8-18)23(32-20)26-33(30,31)19-9-5-2-6-10-19/h2,5-6,9-14,18,20H,1,3-4,7-8,15H2,(H,25,28)/b26-23+. The quantitative estimate of drug-likeness (QED) is 0.614. The van der Waals surface area contributed by atoms with Crippen LogP contribution in [0.4, 0.5) is 5.69 Å². The molecule has 7 nitrogen and oxygen atoms in total. The van der Waals surface area contributed by atoms with Gasteiger partial charge >= 0.3 is 0 Å². The molecule has 1 unspecified atom stereocenters. The number of halogens is 1. The van der Waals surface area contributed by atoms with Gasteiger partial charge in [0.2, 0.25) is 11.8 Å². The van der Waals surface area contributed by atoms with E-state index in [0.29, 0.717) is 10.7 Å². The van der Waals surface area contributed by atoms with Crippen LogP contribution in [0.2, 0.25) is 5.02 Å². The van der Waals surface area contributed by atoms with E-state index in [1.165, 1.54) is 17.0 Å². The third-order valence-electron chi connectivity index (χ3n) is 5.64. The fraction of sp³-hybridized carbons (Fsp3) is 0.348. The summed E-state index contributed by atoms with van der Waals surface area (Å²) in [5.41, 5.74) is 0.574. The van der Waals surface area contributed by atoms with Crippen molar-refractivity contribution in [2.24, 2.45) is 4.40 Å². The minimum Gasteiger partial charge on any atom is -0.326 e. The van der Waals surface area contributed by atoms with E-state index in [-0.39, 0.29) is 34.3 Å². The molecule has 0 spiro atoms. The summed E-state index contributed by atoms with van der Waals surface area (Å²) in [6.07, 6.45) is 4.53. The van der Waals surface area contributed by atoms with Gasteiger partial charge in [0.05, 0.1) is 4.90 Å².